The van der Waals surface area contributed by atoms with E-state index in [-0.39, 0.29) is 34.3 Å². The number of hydrogen-bond acceptors (Lipinski definition) is 7. The Morgan fingerprint density at radius 1 is 1.20 bits per heavy atom. The minimum atomic E-state index is -4.81. The zero-order valence-corrected chi connectivity index (χ0v) is 15.7. The standard InChI is InChI=1S/C17H13F2N7O3S/c18-17(19)30(28,29)26-10-6-4-9(5-7-10)14-13(15(21)27)16(25-24-14)23-12-3-1-2-11(8-20)22-12/h1-7,17,26H,(H2,21,27)(H2,22,23,24,25). The largest absolute Gasteiger partial charge is 0.365 e. The van der Waals surface area contributed by atoms with E-state index in [4.69, 9.17) is 11.0 Å². The highest BCUT2D eigenvalue weighted by atomic mass is 32.2. The van der Waals surface area contributed by atoms with E-state index in [9.17, 15) is 22.0 Å². The van der Waals surface area contributed by atoms with Crippen LogP contribution in [0.3, 0.4) is 0 Å². The average molecular weight is 433 g/mol. The van der Waals surface area contributed by atoms with Crippen molar-refractivity contribution in [2.45, 2.75) is 5.76 Å². The maximum atomic E-state index is 12.5. The lowest BCUT2D eigenvalue weighted by atomic mass is 10.1. The van der Waals surface area contributed by atoms with E-state index < -0.39 is 21.7 Å². The number of aromatic nitrogens is 3. The number of nitrogens with one attached hydrogen (secondary N) is 3. The molecule has 154 valence electrons. The van der Waals surface area contributed by atoms with Crippen LogP contribution >= 0.6 is 0 Å². The molecule has 0 aliphatic carbocycles. The summed E-state index contributed by atoms with van der Waals surface area (Å²) in [5.74, 6) is -4.00. The van der Waals surface area contributed by atoms with E-state index in [0.717, 1.165) is 0 Å². The molecule has 30 heavy (non-hydrogen) atoms. The van der Waals surface area contributed by atoms with Gasteiger partial charge in [-0.15, -0.1) is 0 Å². The Kier molecular flexibility index (Phi) is 5.61. The van der Waals surface area contributed by atoms with Crippen molar-refractivity contribution in [2.75, 3.05) is 10.0 Å². The first kappa shape index (κ1) is 20.7. The second-order valence-electron chi connectivity index (χ2n) is 5.82. The maximum Gasteiger partial charge on any atom is 0.355 e. The minimum Gasteiger partial charge on any atom is -0.365 e. The number of nitrogens with two attached hydrogens (primary N) is 1. The van der Waals surface area contributed by atoms with Gasteiger partial charge in [-0.25, -0.2) is 13.4 Å². The van der Waals surface area contributed by atoms with Crippen LogP contribution in [0.25, 0.3) is 11.3 Å². The molecule has 0 unspecified atom stereocenters. The number of H-pyrrole nitrogens is 1. The third kappa shape index (κ3) is 4.33. The van der Waals surface area contributed by atoms with Gasteiger partial charge in [0.25, 0.3) is 15.9 Å². The number of rotatable bonds is 7. The highest BCUT2D eigenvalue weighted by Gasteiger charge is 2.24. The van der Waals surface area contributed by atoms with Crippen molar-refractivity contribution in [3.8, 4) is 17.3 Å². The summed E-state index contributed by atoms with van der Waals surface area (Å²) in [7, 11) is -4.81. The number of alkyl halides is 2. The van der Waals surface area contributed by atoms with Gasteiger partial charge in [0, 0.05) is 11.3 Å². The number of nitriles is 1. The van der Waals surface area contributed by atoms with E-state index in [1.165, 1.54) is 30.3 Å². The number of aromatic amines is 1. The summed E-state index contributed by atoms with van der Waals surface area (Å²) in [6.45, 7) is 0. The molecule has 3 rings (SSSR count). The third-order valence-corrected chi connectivity index (χ3v) is 4.77. The van der Waals surface area contributed by atoms with Gasteiger partial charge in [0.15, 0.2) is 0 Å². The Balaban J connectivity index is 1.91. The Hall–Kier alpha value is -4.05. The van der Waals surface area contributed by atoms with Crippen LogP contribution in [0.4, 0.5) is 26.1 Å². The third-order valence-electron chi connectivity index (χ3n) is 3.78. The molecule has 0 fully saturated rings. The number of hydrogen-bond donors (Lipinski definition) is 4. The van der Waals surface area contributed by atoms with E-state index >= 15 is 0 Å². The first-order chi connectivity index (χ1) is 14.2. The second-order valence-corrected chi connectivity index (χ2v) is 7.47. The molecule has 0 saturated heterocycles. The van der Waals surface area contributed by atoms with Gasteiger partial charge in [-0.05, 0) is 24.3 Å². The van der Waals surface area contributed by atoms with E-state index in [1.807, 2.05) is 6.07 Å². The zero-order chi connectivity index (χ0) is 21.9. The molecule has 0 bridgehead atoms. The van der Waals surface area contributed by atoms with Crippen LogP contribution in [0, 0.1) is 11.3 Å². The summed E-state index contributed by atoms with van der Waals surface area (Å²) in [5, 5.41) is 18.4. The van der Waals surface area contributed by atoms with Gasteiger partial charge in [-0.1, -0.05) is 18.2 Å². The molecular weight excluding hydrogens is 420 g/mol. The van der Waals surface area contributed by atoms with Gasteiger partial charge < -0.3 is 11.1 Å². The van der Waals surface area contributed by atoms with Gasteiger partial charge in [-0.3, -0.25) is 14.6 Å². The molecule has 3 aromatic rings. The van der Waals surface area contributed by atoms with Crippen LogP contribution < -0.4 is 15.8 Å². The number of carbonyl (C=O) groups is 1. The van der Waals surface area contributed by atoms with Crippen molar-refractivity contribution < 1.29 is 22.0 Å². The van der Waals surface area contributed by atoms with Crippen LogP contribution in [0.2, 0.25) is 0 Å². The van der Waals surface area contributed by atoms with Crippen LogP contribution in [-0.2, 0) is 10.0 Å². The quantitative estimate of drug-likeness (QED) is 0.443. The highest BCUT2D eigenvalue weighted by molar-refractivity contribution is 7.93. The van der Waals surface area contributed by atoms with Crippen LogP contribution in [-0.4, -0.2) is 35.3 Å². The maximum absolute atomic E-state index is 12.5. The predicted molar refractivity (Wildman–Crippen MR) is 103 cm³/mol. The molecule has 1 amide bonds. The number of carbonyl (C=O) groups excluding carboxylic acids is 1. The van der Waals surface area contributed by atoms with Gasteiger partial charge >= 0.3 is 5.76 Å². The topological polar surface area (TPSA) is 167 Å². The van der Waals surface area contributed by atoms with Crippen LogP contribution in [0.15, 0.2) is 42.5 Å². The Labute approximate surface area is 168 Å². The Morgan fingerprint density at radius 2 is 1.90 bits per heavy atom. The lowest BCUT2D eigenvalue weighted by Crippen LogP contribution is -2.20. The van der Waals surface area contributed by atoms with Crippen molar-refractivity contribution in [1.29, 1.82) is 5.26 Å². The first-order valence-corrected chi connectivity index (χ1v) is 9.68. The number of nitrogens with zero attached hydrogens (tertiary/aromatic N) is 3. The smallest absolute Gasteiger partial charge is 0.355 e. The lowest BCUT2D eigenvalue weighted by Gasteiger charge is -2.08. The molecule has 5 N–H and O–H groups in total. The molecule has 0 spiro atoms. The molecule has 10 nitrogen and oxygen atoms in total. The molecule has 0 aliphatic heterocycles. The second kappa shape index (κ2) is 8.13. The van der Waals surface area contributed by atoms with Gasteiger partial charge in [0.1, 0.15) is 34.7 Å². The predicted octanol–water partition coefficient (Wildman–Crippen LogP) is 2.15. The molecule has 2 aromatic heterocycles. The summed E-state index contributed by atoms with van der Waals surface area (Å²) >= 11 is 0. The molecule has 1 aromatic carbocycles. The van der Waals surface area contributed by atoms with E-state index in [2.05, 4.69) is 20.5 Å². The summed E-state index contributed by atoms with van der Waals surface area (Å²) in [5.41, 5.74) is 6.03. The number of pyridine rings is 1. The number of benzene rings is 1. The average Bonchev–Trinajstić information content (AvgIpc) is 3.12. The summed E-state index contributed by atoms with van der Waals surface area (Å²) in [6.07, 6.45) is 0. The molecule has 0 atom stereocenters. The molecule has 13 heteroatoms. The van der Waals surface area contributed by atoms with E-state index in [1.54, 1.807) is 16.9 Å². The number of anilines is 3. The summed E-state index contributed by atoms with van der Waals surface area (Å²) < 4.78 is 49.2. The van der Waals surface area contributed by atoms with Crippen LogP contribution in [0.1, 0.15) is 16.1 Å². The number of amides is 1. The Bertz CT molecular complexity index is 1230. The molecule has 0 radical (unpaired) electrons. The van der Waals surface area contributed by atoms with Crippen molar-refractivity contribution >= 4 is 33.3 Å². The minimum absolute atomic E-state index is 0.0138. The van der Waals surface area contributed by atoms with Crippen LogP contribution in [0.5, 0.6) is 0 Å². The van der Waals surface area contributed by atoms with E-state index in [0.29, 0.717) is 5.56 Å². The summed E-state index contributed by atoms with van der Waals surface area (Å²) in [4.78, 5) is 16.0. The molecule has 0 saturated carbocycles. The number of halogens is 2. The molecule has 0 aliphatic rings. The number of sulfonamides is 1. The number of primary amides is 1. The fraction of sp³-hybridized carbons (Fsp3) is 0.0588. The first-order valence-electron chi connectivity index (χ1n) is 8.14. The fourth-order valence-electron chi connectivity index (χ4n) is 2.48. The summed E-state index contributed by atoms with van der Waals surface area (Å²) in [6, 6.07) is 11.8. The van der Waals surface area contributed by atoms with Crippen molar-refractivity contribution in [3.05, 3.63) is 53.7 Å². The van der Waals surface area contributed by atoms with Crippen molar-refractivity contribution in [2.24, 2.45) is 5.73 Å². The Morgan fingerprint density at radius 3 is 2.50 bits per heavy atom. The SMILES string of the molecule is N#Cc1cccc(Nc2[nH]nc(-c3ccc(NS(=O)(=O)C(F)F)cc3)c2C(N)=O)n1. The van der Waals surface area contributed by atoms with Gasteiger partial charge in [0.05, 0.1) is 0 Å². The molecule has 2 heterocycles. The fourth-order valence-corrected chi connectivity index (χ4v) is 3.03. The van der Waals surface area contributed by atoms with Crippen molar-refractivity contribution in [3.63, 3.8) is 0 Å². The monoisotopic (exact) mass is 433 g/mol. The zero-order valence-electron chi connectivity index (χ0n) is 14.9. The van der Waals surface area contributed by atoms with Crippen molar-refractivity contribution in [1.82, 2.24) is 15.2 Å². The highest BCUT2D eigenvalue weighted by Crippen LogP contribution is 2.29. The normalized spacial score (nSPS) is 11.1. The van der Waals surface area contributed by atoms with Gasteiger partial charge in [-0.2, -0.15) is 19.1 Å². The molecular formula is C17H13F2N7O3S. The lowest BCUT2D eigenvalue weighted by molar-refractivity contribution is 0.100. The van der Waals surface area contributed by atoms with Gasteiger partial charge in [0.2, 0.25) is 0 Å².